The van der Waals surface area contributed by atoms with Gasteiger partial charge in [0, 0.05) is 5.25 Å². The molecule has 0 heterocycles. The molecule has 0 aliphatic rings. The summed E-state index contributed by atoms with van der Waals surface area (Å²) in [6, 6.07) is 0. The van der Waals surface area contributed by atoms with Gasteiger partial charge < -0.3 is 0 Å². The Morgan fingerprint density at radius 3 is 2.62 bits per heavy atom. The van der Waals surface area contributed by atoms with Crippen LogP contribution in [-0.2, 0) is 0 Å². The van der Waals surface area contributed by atoms with Gasteiger partial charge in [0.15, 0.2) is 0 Å². The molecule has 0 aliphatic carbocycles. The maximum Gasteiger partial charge on any atom is 0.0131 e. The molecule has 0 aliphatic heterocycles. The Hall–Kier alpha value is 0.700. The molecule has 0 nitrogen and oxygen atoms in total. The summed E-state index contributed by atoms with van der Waals surface area (Å²) in [4.78, 5) is 0. The average molecular weight is 149 g/mol. The van der Waals surface area contributed by atoms with Gasteiger partial charge in [-0.2, -0.15) is 0 Å². The molecule has 0 aromatic carbocycles. The molecule has 0 aromatic heterocycles. The summed E-state index contributed by atoms with van der Waals surface area (Å²) in [6.07, 6.45) is 3.90. The Labute approximate surface area is 61.2 Å². The number of rotatable bonds is 4. The molecule has 49 valence electrons. The highest BCUT2D eigenvalue weighted by molar-refractivity contribution is 8.68. The van der Waals surface area contributed by atoms with Crippen molar-refractivity contribution < 1.29 is 0 Å². The smallest absolute Gasteiger partial charge is 0.0131 e. The van der Waals surface area contributed by atoms with Gasteiger partial charge in [0.2, 0.25) is 0 Å². The van der Waals surface area contributed by atoms with Crippen molar-refractivity contribution in [1.82, 2.24) is 0 Å². The average Bonchev–Trinajstić information content (AvgIpc) is 1.83. The molecule has 0 bridgehead atoms. The van der Waals surface area contributed by atoms with Crippen molar-refractivity contribution in [3.8, 4) is 0 Å². The minimum Gasteiger partial charge on any atom is -0.0786 e. The standard InChI is InChI=1S/C6H13S2/c1-3-4-5-6(2)8-7/h6H,3-5H2,1-2H3. The highest BCUT2D eigenvalue weighted by atomic mass is 33.1. The van der Waals surface area contributed by atoms with E-state index in [-0.39, 0.29) is 0 Å². The minimum atomic E-state index is 0.685. The van der Waals surface area contributed by atoms with Gasteiger partial charge >= 0.3 is 0 Å². The summed E-state index contributed by atoms with van der Waals surface area (Å²) in [5.41, 5.74) is 0. The summed E-state index contributed by atoms with van der Waals surface area (Å²) in [5, 5.41) is 0.685. The quantitative estimate of drug-likeness (QED) is 0.552. The van der Waals surface area contributed by atoms with Crippen LogP contribution in [0.15, 0.2) is 0 Å². The van der Waals surface area contributed by atoms with Gasteiger partial charge in [-0.25, -0.2) is 0 Å². The molecule has 8 heavy (non-hydrogen) atoms. The van der Waals surface area contributed by atoms with Gasteiger partial charge in [0.05, 0.1) is 0 Å². The predicted octanol–water partition coefficient (Wildman–Crippen LogP) is 3.41. The normalized spacial score (nSPS) is 13.9. The third kappa shape index (κ3) is 4.85. The van der Waals surface area contributed by atoms with Crippen LogP contribution >= 0.6 is 22.5 Å². The first-order valence-electron chi connectivity index (χ1n) is 3.10. The molecule has 2 heteroatoms. The van der Waals surface area contributed by atoms with Crippen molar-refractivity contribution in [2.75, 3.05) is 0 Å². The van der Waals surface area contributed by atoms with E-state index in [2.05, 4.69) is 13.8 Å². The van der Waals surface area contributed by atoms with Crippen LogP contribution in [0.3, 0.4) is 0 Å². The molecule has 0 amide bonds. The van der Waals surface area contributed by atoms with Gasteiger partial charge in [-0.05, 0) is 18.1 Å². The van der Waals surface area contributed by atoms with E-state index in [4.69, 9.17) is 11.7 Å². The lowest BCUT2D eigenvalue weighted by atomic mass is 10.2. The van der Waals surface area contributed by atoms with Gasteiger partial charge in [0.25, 0.3) is 0 Å². The highest BCUT2D eigenvalue weighted by Crippen LogP contribution is 2.18. The zero-order valence-electron chi connectivity index (χ0n) is 5.52. The Bertz CT molecular complexity index is 45.8. The first-order valence-corrected chi connectivity index (χ1v) is 4.90. The molecule has 0 spiro atoms. The van der Waals surface area contributed by atoms with E-state index in [0.717, 1.165) is 0 Å². The molecule has 1 unspecified atom stereocenters. The molecule has 0 rings (SSSR count). The summed E-state index contributed by atoms with van der Waals surface area (Å²) >= 11 is 4.80. The topological polar surface area (TPSA) is 0 Å². The SMILES string of the molecule is CCCCC(C)S[S]. The van der Waals surface area contributed by atoms with E-state index in [1.54, 1.807) is 10.8 Å². The van der Waals surface area contributed by atoms with E-state index in [1.807, 2.05) is 0 Å². The van der Waals surface area contributed by atoms with Crippen LogP contribution in [-0.4, -0.2) is 5.25 Å². The van der Waals surface area contributed by atoms with Gasteiger partial charge in [-0.1, -0.05) is 37.5 Å². The first kappa shape index (κ1) is 8.70. The lowest BCUT2D eigenvalue weighted by molar-refractivity contribution is 0.715. The Morgan fingerprint density at radius 2 is 2.25 bits per heavy atom. The fraction of sp³-hybridized carbons (Fsp3) is 1.00. The molecule has 0 saturated heterocycles. The van der Waals surface area contributed by atoms with Gasteiger partial charge in [-0.15, -0.1) is 0 Å². The van der Waals surface area contributed by atoms with Crippen LogP contribution in [0.25, 0.3) is 0 Å². The minimum absolute atomic E-state index is 0.685. The lowest BCUT2D eigenvalue weighted by Gasteiger charge is -2.02. The third-order valence-electron chi connectivity index (χ3n) is 1.13. The Balaban J connectivity index is 2.86. The summed E-state index contributed by atoms with van der Waals surface area (Å²) in [5.74, 6) is 0. The van der Waals surface area contributed by atoms with E-state index in [0.29, 0.717) is 5.25 Å². The Kier molecular flexibility index (Phi) is 6.34. The molecule has 1 atom stereocenters. The third-order valence-corrected chi connectivity index (χ3v) is 2.68. The molecule has 0 fully saturated rings. The fourth-order valence-electron chi connectivity index (χ4n) is 0.540. The Morgan fingerprint density at radius 1 is 1.62 bits per heavy atom. The maximum absolute atomic E-state index is 4.80. The summed E-state index contributed by atoms with van der Waals surface area (Å²) in [6.45, 7) is 4.40. The van der Waals surface area contributed by atoms with Crippen LogP contribution in [0.1, 0.15) is 33.1 Å². The largest absolute Gasteiger partial charge is 0.0786 e. The van der Waals surface area contributed by atoms with E-state index < -0.39 is 0 Å². The predicted molar refractivity (Wildman–Crippen MR) is 44.2 cm³/mol. The van der Waals surface area contributed by atoms with E-state index in [9.17, 15) is 0 Å². The summed E-state index contributed by atoms with van der Waals surface area (Å²) in [7, 11) is 1.55. The van der Waals surface area contributed by atoms with Crippen molar-refractivity contribution in [3.63, 3.8) is 0 Å². The number of hydrogen-bond donors (Lipinski definition) is 0. The van der Waals surface area contributed by atoms with Crippen molar-refractivity contribution in [2.45, 2.75) is 38.4 Å². The van der Waals surface area contributed by atoms with E-state index in [1.165, 1.54) is 19.3 Å². The number of unbranched alkanes of at least 4 members (excludes halogenated alkanes) is 1. The van der Waals surface area contributed by atoms with Gasteiger partial charge in [0.1, 0.15) is 0 Å². The van der Waals surface area contributed by atoms with Crippen LogP contribution in [0, 0.1) is 0 Å². The maximum atomic E-state index is 4.80. The summed E-state index contributed by atoms with van der Waals surface area (Å²) < 4.78 is 0. The molecular weight excluding hydrogens is 136 g/mol. The van der Waals surface area contributed by atoms with Crippen LogP contribution in [0.5, 0.6) is 0 Å². The van der Waals surface area contributed by atoms with Crippen molar-refractivity contribution in [3.05, 3.63) is 0 Å². The van der Waals surface area contributed by atoms with Crippen LogP contribution < -0.4 is 0 Å². The molecule has 0 saturated carbocycles. The lowest BCUT2D eigenvalue weighted by Crippen LogP contribution is -1.90. The highest BCUT2D eigenvalue weighted by Gasteiger charge is 1.96. The van der Waals surface area contributed by atoms with Gasteiger partial charge in [-0.3, -0.25) is 0 Å². The van der Waals surface area contributed by atoms with Crippen LogP contribution in [0.2, 0.25) is 0 Å². The number of hydrogen-bond acceptors (Lipinski definition) is 1. The first-order chi connectivity index (χ1) is 3.81. The van der Waals surface area contributed by atoms with Crippen LogP contribution in [0.4, 0.5) is 0 Å². The second-order valence-electron chi connectivity index (χ2n) is 2.05. The molecule has 1 radical (unpaired) electrons. The van der Waals surface area contributed by atoms with E-state index >= 15 is 0 Å². The molecule has 0 N–H and O–H groups in total. The molecular formula is C6H13S2. The molecule has 0 aromatic rings. The second-order valence-corrected chi connectivity index (χ2v) is 3.62. The van der Waals surface area contributed by atoms with Crippen molar-refractivity contribution in [2.24, 2.45) is 0 Å². The fourth-order valence-corrected chi connectivity index (χ4v) is 1.09. The zero-order valence-corrected chi connectivity index (χ0v) is 7.15. The second kappa shape index (κ2) is 5.83. The zero-order chi connectivity index (χ0) is 6.41. The van der Waals surface area contributed by atoms with Crippen molar-refractivity contribution in [1.29, 1.82) is 0 Å². The monoisotopic (exact) mass is 149 g/mol. The van der Waals surface area contributed by atoms with Crippen molar-refractivity contribution >= 4 is 22.5 Å².